The lowest BCUT2D eigenvalue weighted by atomic mass is 9.54. The summed E-state index contributed by atoms with van der Waals surface area (Å²) in [4.78, 5) is 23.2. The van der Waals surface area contributed by atoms with Crippen molar-refractivity contribution < 1.29 is 19.4 Å². The molecule has 134 valence electrons. The first-order chi connectivity index (χ1) is 12.1. The third-order valence-electron chi connectivity index (χ3n) is 6.23. The third-order valence-corrected chi connectivity index (χ3v) is 6.23. The van der Waals surface area contributed by atoms with Crippen molar-refractivity contribution in [2.24, 2.45) is 11.3 Å². The van der Waals surface area contributed by atoms with Gasteiger partial charge in [0.25, 0.3) is 0 Å². The Bertz CT molecular complexity index is 667. The lowest BCUT2D eigenvalue weighted by molar-refractivity contribution is -0.126. The number of nitrogens with one attached hydrogen (secondary N) is 2. The number of rotatable bonds is 4. The van der Waals surface area contributed by atoms with Gasteiger partial charge in [-0.1, -0.05) is 25.0 Å². The maximum absolute atomic E-state index is 12.4. The van der Waals surface area contributed by atoms with Crippen molar-refractivity contribution in [2.45, 2.75) is 50.8 Å². The van der Waals surface area contributed by atoms with Crippen LogP contribution in [0, 0.1) is 11.3 Å². The van der Waals surface area contributed by atoms with Crippen molar-refractivity contribution in [3.8, 4) is 0 Å². The molecular weight excluding hydrogens is 320 g/mol. The van der Waals surface area contributed by atoms with Gasteiger partial charge >= 0.3 is 12.0 Å². The van der Waals surface area contributed by atoms with E-state index >= 15 is 0 Å². The van der Waals surface area contributed by atoms with E-state index in [0.717, 1.165) is 31.4 Å². The minimum absolute atomic E-state index is 0.149. The fraction of sp³-hybridized carbons (Fsp3) is 0.579. The van der Waals surface area contributed by atoms with Crippen molar-refractivity contribution in [1.82, 2.24) is 10.6 Å². The molecule has 1 aliphatic heterocycles. The monoisotopic (exact) mass is 344 g/mol. The number of hydrogen-bond donors (Lipinski definition) is 3. The van der Waals surface area contributed by atoms with Crippen molar-refractivity contribution in [2.75, 3.05) is 6.61 Å². The molecule has 1 saturated heterocycles. The smallest absolute Gasteiger partial charge is 0.335 e. The van der Waals surface area contributed by atoms with E-state index in [1.54, 1.807) is 24.3 Å². The van der Waals surface area contributed by atoms with Crippen LogP contribution in [0.3, 0.4) is 0 Å². The summed E-state index contributed by atoms with van der Waals surface area (Å²) in [5.41, 5.74) is 1.28. The molecule has 6 heteroatoms. The summed E-state index contributed by atoms with van der Waals surface area (Å²) in [6.45, 7) is 1.20. The van der Waals surface area contributed by atoms with E-state index < -0.39 is 5.97 Å². The molecule has 2 aliphatic carbocycles. The van der Waals surface area contributed by atoms with Crippen LogP contribution in [-0.4, -0.2) is 35.9 Å². The average Bonchev–Trinajstić information content (AvgIpc) is 3.26. The van der Waals surface area contributed by atoms with Crippen LogP contribution in [0.2, 0.25) is 0 Å². The Morgan fingerprint density at radius 3 is 2.60 bits per heavy atom. The van der Waals surface area contributed by atoms with Gasteiger partial charge < -0.3 is 20.5 Å². The molecule has 3 aliphatic rings. The minimum atomic E-state index is -0.947. The van der Waals surface area contributed by atoms with Gasteiger partial charge in [-0.15, -0.1) is 0 Å². The Morgan fingerprint density at radius 2 is 1.92 bits per heavy atom. The SMILES string of the molecule is O=C(NCc1ccc(C(=O)O)cc1)NC1C2CCOC2C12CCCC2. The van der Waals surface area contributed by atoms with E-state index in [9.17, 15) is 9.59 Å². The highest BCUT2D eigenvalue weighted by Crippen LogP contribution is 2.60. The molecule has 3 atom stereocenters. The van der Waals surface area contributed by atoms with Gasteiger partial charge in [-0.05, 0) is 37.0 Å². The van der Waals surface area contributed by atoms with Gasteiger partial charge in [-0.25, -0.2) is 9.59 Å². The minimum Gasteiger partial charge on any atom is -0.478 e. The number of ether oxygens (including phenoxy) is 1. The zero-order chi connectivity index (χ0) is 17.4. The summed E-state index contributed by atoms with van der Waals surface area (Å²) >= 11 is 0. The molecule has 6 nitrogen and oxygen atoms in total. The van der Waals surface area contributed by atoms with Crippen LogP contribution in [0.1, 0.15) is 48.0 Å². The molecule has 1 spiro atoms. The molecule has 3 fully saturated rings. The molecule has 3 unspecified atom stereocenters. The first kappa shape index (κ1) is 16.4. The van der Waals surface area contributed by atoms with Gasteiger partial charge in [-0.2, -0.15) is 0 Å². The van der Waals surface area contributed by atoms with Crippen molar-refractivity contribution in [3.05, 3.63) is 35.4 Å². The second kappa shape index (κ2) is 6.33. The first-order valence-corrected chi connectivity index (χ1v) is 9.08. The predicted octanol–water partition coefficient (Wildman–Crippen LogP) is 2.53. The quantitative estimate of drug-likeness (QED) is 0.783. The third kappa shape index (κ3) is 2.78. The van der Waals surface area contributed by atoms with E-state index in [2.05, 4.69) is 10.6 Å². The zero-order valence-electron chi connectivity index (χ0n) is 14.2. The number of urea groups is 1. The Morgan fingerprint density at radius 1 is 1.20 bits per heavy atom. The number of carboxylic acids is 1. The summed E-state index contributed by atoms with van der Waals surface area (Å²) in [7, 11) is 0. The molecule has 2 amide bonds. The second-order valence-corrected chi connectivity index (χ2v) is 7.49. The number of hydrogen-bond acceptors (Lipinski definition) is 3. The summed E-state index contributed by atoms with van der Waals surface area (Å²) in [5.74, 6) is -0.490. The molecule has 1 aromatic carbocycles. The highest BCUT2D eigenvalue weighted by atomic mass is 16.5. The summed E-state index contributed by atoms with van der Waals surface area (Å²) < 4.78 is 5.94. The van der Waals surface area contributed by atoms with E-state index in [-0.39, 0.29) is 23.1 Å². The van der Waals surface area contributed by atoms with E-state index in [1.807, 2.05) is 0 Å². The topological polar surface area (TPSA) is 87.7 Å². The molecule has 0 aromatic heterocycles. The summed E-state index contributed by atoms with van der Waals surface area (Å²) in [5, 5.41) is 15.0. The van der Waals surface area contributed by atoms with Crippen LogP contribution >= 0.6 is 0 Å². The van der Waals surface area contributed by atoms with Crippen LogP contribution in [-0.2, 0) is 11.3 Å². The standard InChI is InChI=1S/C19H24N2O4/c22-17(23)13-5-3-12(4-6-13)11-20-18(24)21-15-14-7-10-25-16(14)19(15)8-1-2-9-19/h3-6,14-16H,1-2,7-11H2,(H,22,23)(H2,20,21,24). The van der Waals surface area contributed by atoms with Gasteiger partial charge in [0.2, 0.25) is 0 Å². The Labute approximate surface area is 146 Å². The van der Waals surface area contributed by atoms with Crippen LogP contribution in [0.4, 0.5) is 4.79 Å². The summed E-state index contributed by atoms with van der Waals surface area (Å²) in [6, 6.07) is 6.63. The zero-order valence-corrected chi connectivity index (χ0v) is 14.2. The normalized spacial score (nSPS) is 29.0. The van der Waals surface area contributed by atoms with E-state index in [1.165, 1.54) is 12.8 Å². The molecule has 0 bridgehead atoms. The van der Waals surface area contributed by atoms with Crippen molar-refractivity contribution in [1.29, 1.82) is 0 Å². The van der Waals surface area contributed by atoms with Gasteiger partial charge in [-0.3, -0.25) is 0 Å². The van der Waals surface area contributed by atoms with Crippen LogP contribution in [0.5, 0.6) is 0 Å². The number of amides is 2. The van der Waals surface area contributed by atoms with E-state index in [4.69, 9.17) is 9.84 Å². The Balaban J connectivity index is 1.33. The number of carboxylic acid groups (broad SMARTS) is 1. The fourth-order valence-electron chi connectivity index (χ4n) is 5.04. The first-order valence-electron chi connectivity index (χ1n) is 9.08. The van der Waals surface area contributed by atoms with Crippen LogP contribution < -0.4 is 10.6 Å². The molecular formula is C19H24N2O4. The van der Waals surface area contributed by atoms with Gasteiger partial charge in [0.15, 0.2) is 0 Å². The maximum atomic E-state index is 12.4. The molecule has 0 radical (unpaired) electrons. The highest BCUT2D eigenvalue weighted by molar-refractivity contribution is 5.87. The lowest BCUT2D eigenvalue weighted by Gasteiger charge is -2.56. The number of benzene rings is 1. The summed E-state index contributed by atoms with van der Waals surface area (Å²) in [6.07, 6.45) is 6.12. The highest BCUT2D eigenvalue weighted by Gasteiger charge is 2.65. The largest absolute Gasteiger partial charge is 0.478 e. The molecule has 2 saturated carbocycles. The molecule has 3 N–H and O–H groups in total. The maximum Gasteiger partial charge on any atom is 0.335 e. The van der Waals surface area contributed by atoms with Gasteiger partial charge in [0.1, 0.15) is 0 Å². The number of carbonyl (C=O) groups excluding carboxylic acids is 1. The lowest BCUT2D eigenvalue weighted by Crippen LogP contribution is -2.69. The van der Waals surface area contributed by atoms with Crippen LogP contribution in [0.25, 0.3) is 0 Å². The Hall–Kier alpha value is -2.08. The van der Waals surface area contributed by atoms with Gasteiger partial charge in [0.05, 0.1) is 11.7 Å². The van der Waals surface area contributed by atoms with Gasteiger partial charge in [0, 0.05) is 30.5 Å². The van der Waals surface area contributed by atoms with E-state index in [0.29, 0.717) is 18.6 Å². The predicted molar refractivity (Wildman–Crippen MR) is 91.3 cm³/mol. The molecule has 25 heavy (non-hydrogen) atoms. The fourth-order valence-corrected chi connectivity index (χ4v) is 5.04. The Kier molecular flexibility index (Phi) is 4.15. The average molecular weight is 344 g/mol. The van der Waals surface area contributed by atoms with Crippen molar-refractivity contribution in [3.63, 3.8) is 0 Å². The molecule has 4 rings (SSSR count). The number of carbonyl (C=O) groups is 2. The molecule has 1 aromatic rings. The van der Waals surface area contributed by atoms with Crippen LogP contribution in [0.15, 0.2) is 24.3 Å². The second-order valence-electron chi connectivity index (χ2n) is 7.49. The van der Waals surface area contributed by atoms with Crippen molar-refractivity contribution >= 4 is 12.0 Å². The number of aromatic carboxylic acids is 1. The number of fused-ring (bicyclic) bond motifs is 2. The molecule has 1 heterocycles.